The van der Waals surface area contributed by atoms with Crippen LogP contribution in [0.2, 0.25) is 0 Å². The third kappa shape index (κ3) is 0.772. The van der Waals surface area contributed by atoms with Gasteiger partial charge in [-0.2, -0.15) is 0 Å². The first-order valence-corrected chi connectivity index (χ1v) is 4.83. The van der Waals surface area contributed by atoms with Crippen LogP contribution in [0, 0.1) is 0 Å². The Kier molecular flexibility index (Phi) is 1.42. The van der Waals surface area contributed by atoms with Gasteiger partial charge in [-0.15, -0.1) is 11.3 Å². The lowest BCUT2D eigenvalue weighted by Gasteiger charge is -1.91. The monoisotopic (exact) mass is 216 g/mol. The quantitative estimate of drug-likeness (QED) is 0.609. The molecule has 1 nitrogen and oxygen atoms in total. The summed E-state index contributed by atoms with van der Waals surface area (Å²) in [5.74, 6) is 0.247. The second-order valence-electron chi connectivity index (χ2n) is 2.29. The maximum atomic E-state index is 11.2. The molecule has 0 saturated carbocycles. The van der Waals surface area contributed by atoms with Gasteiger partial charge in [0.15, 0.2) is 5.78 Å². The smallest absolute Gasteiger partial charge is 0.177 e. The van der Waals surface area contributed by atoms with Gasteiger partial charge in [0.2, 0.25) is 0 Å². The lowest BCUT2D eigenvalue weighted by molar-refractivity contribution is 0.100. The van der Waals surface area contributed by atoms with E-state index in [1.54, 1.807) is 11.3 Å². The number of fused-ring (bicyclic) bond motifs is 1. The van der Waals surface area contributed by atoms with E-state index in [9.17, 15) is 4.79 Å². The molecule has 3 heteroatoms. The molecular formula is C7H5BrOS. The van der Waals surface area contributed by atoms with Crippen LogP contribution in [0.4, 0.5) is 0 Å². The Balaban J connectivity index is 2.53. The van der Waals surface area contributed by atoms with Crippen molar-refractivity contribution in [2.45, 2.75) is 11.2 Å². The maximum absolute atomic E-state index is 11.2. The van der Waals surface area contributed by atoms with Gasteiger partial charge in [0, 0.05) is 16.9 Å². The zero-order valence-electron chi connectivity index (χ0n) is 5.13. The second kappa shape index (κ2) is 2.17. The average Bonchev–Trinajstić information content (AvgIpc) is 2.41. The topological polar surface area (TPSA) is 17.1 Å². The van der Waals surface area contributed by atoms with Crippen molar-refractivity contribution < 1.29 is 4.79 Å². The molecule has 1 aromatic heterocycles. The Morgan fingerprint density at radius 2 is 2.50 bits per heavy atom. The van der Waals surface area contributed by atoms with Crippen LogP contribution in [0.15, 0.2) is 11.4 Å². The lowest BCUT2D eigenvalue weighted by Crippen LogP contribution is -2.05. The van der Waals surface area contributed by atoms with Gasteiger partial charge in [0.25, 0.3) is 0 Å². The molecule has 52 valence electrons. The fraction of sp³-hybridized carbons (Fsp3) is 0.286. The number of hydrogen-bond donors (Lipinski definition) is 0. The summed E-state index contributed by atoms with van der Waals surface area (Å²) in [6, 6.07) is 1.91. The van der Waals surface area contributed by atoms with Crippen molar-refractivity contribution in [2.75, 3.05) is 0 Å². The number of carbonyl (C=O) groups is 1. The van der Waals surface area contributed by atoms with E-state index < -0.39 is 0 Å². The fourth-order valence-electron chi connectivity index (χ4n) is 1.14. The third-order valence-electron chi connectivity index (χ3n) is 1.66. The van der Waals surface area contributed by atoms with E-state index >= 15 is 0 Å². The van der Waals surface area contributed by atoms with Crippen molar-refractivity contribution in [3.8, 4) is 0 Å². The Labute approximate surface area is 71.2 Å². The van der Waals surface area contributed by atoms with Gasteiger partial charge in [-0.25, -0.2) is 0 Å². The zero-order valence-corrected chi connectivity index (χ0v) is 7.54. The van der Waals surface area contributed by atoms with E-state index in [1.165, 1.54) is 4.88 Å². The van der Waals surface area contributed by atoms with E-state index in [-0.39, 0.29) is 10.6 Å². The van der Waals surface area contributed by atoms with Crippen LogP contribution in [0.1, 0.15) is 15.2 Å². The molecule has 0 spiro atoms. The molecule has 1 aliphatic carbocycles. The summed E-state index contributed by atoms with van der Waals surface area (Å²) >= 11 is 4.99. The van der Waals surface area contributed by atoms with Gasteiger partial charge in [-0.3, -0.25) is 4.79 Å². The molecule has 0 saturated heterocycles. The van der Waals surface area contributed by atoms with Crippen LogP contribution >= 0.6 is 27.3 Å². The van der Waals surface area contributed by atoms with E-state index in [1.807, 2.05) is 11.4 Å². The van der Waals surface area contributed by atoms with Crippen molar-refractivity contribution in [1.29, 1.82) is 0 Å². The number of alkyl halides is 1. The van der Waals surface area contributed by atoms with Crippen molar-refractivity contribution in [1.82, 2.24) is 0 Å². The molecular weight excluding hydrogens is 212 g/mol. The normalized spacial score (nSPS) is 23.3. The second-order valence-corrected chi connectivity index (χ2v) is 4.40. The number of halogens is 1. The average molecular weight is 217 g/mol. The third-order valence-corrected chi connectivity index (χ3v) is 3.34. The number of Topliss-reactive ketones (excluding diaryl/α,β-unsaturated/α-hetero) is 1. The number of thiophene rings is 1. The molecule has 1 aliphatic rings. The largest absolute Gasteiger partial charge is 0.293 e. The minimum absolute atomic E-state index is 0.0509. The van der Waals surface area contributed by atoms with Crippen LogP contribution in [0.5, 0.6) is 0 Å². The highest BCUT2D eigenvalue weighted by atomic mass is 79.9. The van der Waals surface area contributed by atoms with Crippen LogP contribution in [-0.2, 0) is 6.42 Å². The van der Waals surface area contributed by atoms with Gasteiger partial charge in [-0.1, -0.05) is 15.9 Å². The predicted octanol–water partition coefficient (Wildman–Crippen LogP) is 2.25. The van der Waals surface area contributed by atoms with Crippen LogP contribution in [0.3, 0.4) is 0 Å². The Morgan fingerprint density at radius 3 is 3.20 bits per heavy atom. The first-order valence-electron chi connectivity index (χ1n) is 3.03. The Bertz CT molecular complexity index is 279. The Morgan fingerprint density at radius 1 is 1.70 bits per heavy atom. The molecule has 0 N–H and O–H groups in total. The summed E-state index contributed by atoms with van der Waals surface area (Å²) in [7, 11) is 0. The molecule has 0 radical (unpaired) electrons. The standard InChI is InChI=1S/C7H5BrOS/c8-5-3-6-4(7(5)9)1-2-10-6/h1-2,5H,3H2/t5-/m1/s1. The predicted molar refractivity (Wildman–Crippen MR) is 45.1 cm³/mol. The molecule has 0 unspecified atom stereocenters. The molecule has 1 atom stereocenters. The molecule has 0 bridgehead atoms. The maximum Gasteiger partial charge on any atom is 0.177 e. The van der Waals surface area contributed by atoms with Gasteiger partial charge < -0.3 is 0 Å². The first kappa shape index (κ1) is 6.55. The summed E-state index contributed by atoms with van der Waals surface area (Å²) < 4.78 is 0. The lowest BCUT2D eigenvalue weighted by atomic mass is 10.2. The Hall–Kier alpha value is -0.150. The highest BCUT2D eigenvalue weighted by Gasteiger charge is 2.28. The number of rotatable bonds is 0. The molecule has 1 heterocycles. The highest BCUT2D eigenvalue weighted by molar-refractivity contribution is 9.10. The van der Waals surface area contributed by atoms with E-state index in [4.69, 9.17) is 0 Å². The van der Waals surface area contributed by atoms with Crippen molar-refractivity contribution in [3.05, 3.63) is 21.9 Å². The highest BCUT2D eigenvalue weighted by Crippen LogP contribution is 2.30. The number of carbonyl (C=O) groups excluding carboxylic acids is 1. The van der Waals surface area contributed by atoms with E-state index in [0.717, 1.165) is 12.0 Å². The van der Waals surface area contributed by atoms with Crippen LogP contribution in [0.25, 0.3) is 0 Å². The minimum atomic E-state index is 0.0509. The summed E-state index contributed by atoms with van der Waals surface area (Å²) in [5, 5.41) is 1.97. The van der Waals surface area contributed by atoms with E-state index in [0.29, 0.717) is 0 Å². The molecule has 0 aromatic carbocycles. The zero-order chi connectivity index (χ0) is 7.14. The number of ketones is 1. The molecule has 1 aromatic rings. The summed E-state index contributed by atoms with van der Waals surface area (Å²) in [6.07, 6.45) is 0.881. The summed E-state index contributed by atoms with van der Waals surface area (Å²) in [6.45, 7) is 0. The van der Waals surface area contributed by atoms with Gasteiger partial charge in [-0.05, 0) is 11.4 Å². The van der Waals surface area contributed by atoms with Crippen molar-refractivity contribution >= 4 is 33.0 Å². The first-order chi connectivity index (χ1) is 4.79. The van der Waals surface area contributed by atoms with Crippen LogP contribution < -0.4 is 0 Å². The molecule has 0 fully saturated rings. The SMILES string of the molecule is O=C1c2ccsc2C[C@H]1Br. The summed E-state index contributed by atoms with van der Waals surface area (Å²) in [4.78, 5) is 12.5. The molecule has 0 amide bonds. The molecule has 0 aliphatic heterocycles. The number of hydrogen-bond acceptors (Lipinski definition) is 2. The van der Waals surface area contributed by atoms with Gasteiger partial charge >= 0.3 is 0 Å². The summed E-state index contributed by atoms with van der Waals surface area (Å²) in [5.41, 5.74) is 0.923. The van der Waals surface area contributed by atoms with Gasteiger partial charge in [0.1, 0.15) is 0 Å². The van der Waals surface area contributed by atoms with Gasteiger partial charge in [0.05, 0.1) is 4.83 Å². The van der Waals surface area contributed by atoms with E-state index in [2.05, 4.69) is 15.9 Å². The minimum Gasteiger partial charge on any atom is -0.293 e. The molecule has 10 heavy (non-hydrogen) atoms. The van der Waals surface area contributed by atoms with Crippen molar-refractivity contribution in [3.63, 3.8) is 0 Å². The fourth-order valence-corrected chi connectivity index (χ4v) is 2.85. The van der Waals surface area contributed by atoms with Crippen LogP contribution in [-0.4, -0.2) is 10.6 Å². The molecule has 2 rings (SSSR count). The van der Waals surface area contributed by atoms with Crippen molar-refractivity contribution in [2.24, 2.45) is 0 Å².